The molecule has 1 aromatic heterocycles. The summed E-state index contributed by atoms with van der Waals surface area (Å²) in [7, 11) is -3.40. The Hall–Kier alpha value is -3.19. The van der Waals surface area contributed by atoms with Crippen LogP contribution in [-0.2, 0) is 22.8 Å². The van der Waals surface area contributed by atoms with Crippen molar-refractivity contribution in [2.75, 3.05) is 11.1 Å². The van der Waals surface area contributed by atoms with Crippen LogP contribution in [0.15, 0.2) is 78.0 Å². The van der Waals surface area contributed by atoms with E-state index in [-0.39, 0.29) is 16.7 Å². The second-order valence-electron chi connectivity index (χ2n) is 6.69. The maximum Gasteiger partial charge on any atom is 0.319 e. The van der Waals surface area contributed by atoms with Crippen LogP contribution in [0.2, 0.25) is 0 Å². The first-order valence-corrected chi connectivity index (χ1v) is 10.9. The number of aromatic nitrogens is 1. The van der Waals surface area contributed by atoms with Crippen LogP contribution >= 0.6 is 0 Å². The molecule has 2 N–H and O–H groups in total. The molecule has 0 fully saturated rings. The molecule has 0 spiro atoms. The molecule has 0 saturated carbocycles. The Morgan fingerprint density at radius 2 is 1.76 bits per heavy atom. The van der Waals surface area contributed by atoms with Crippen molar-refractivity contribution in [1.82, 2.24) is 10.3 Å². The number of hydrogen-bond donors (Lipinski definition) is 2. The van der Waals surface area contributed by atoms with E-state index in [1.165, 1.54) is 12.1 Å². The van der Waals surface area contributed by atoms with Crippen molar-refractivity contribution < 1.29 is 13.2 Å². The lowest BCUT2D eigenvalue weighted by Crippen LogP contribution is -2.28. The van der Waals surface area contributed by atoms with E-state index in [1.807, 2.05) is 37.3 Å². The van der Waals surface area contributed by atoms with Gasteiger partial charge in [-0.05, 0) is 60.4 Å². The van der Waals surface area contributed by atoms with E-state index in [1.54, 1.807) is 30.6 Å². The number of nitrogens with one attached hydrogen (secondary N) is 2. The van der Waals surface area contributed by atoms with Crippen LogP contribution in [0.25, 0.3) is 0 Å². The highest BCUT2D eigenvalue weighted by molar-refractivity contribution is 7.91. The summed E-state index contributed by atoms with van der Waals surface area (Å²) < 4.78 is 25.2. The maximum atomic E-state index is 12.6. The zero-order valence-electron chi connectivity index (χ0n) is 16.1. The van der Waals surface area contributed by atoms with Crippen molar-refractivity contribution in [3.63, 3.8) is 0 Å². The number of urea groups is 1. The van der Waals surface area contributed by atoms with E-state index in [2.05, 4.69) is 15.6 Å². The van der Waals surface area contributed by atoms with Crippen molar-refractivity contribution >= 4 is 21.6 Å². The fourth-order valence-electron chi connectivity index (χ4n) is 2.86. The predicted molar refractivity (Wildman–Crippen MR) is 113 cm³/mol. The average Bonchev–Trinajstić information content (AvgIpc) is 2.73. The third-order valence-electron chi connectivity index (χ3n) is 4.55. The van der Waals surface area contributed by atoms with Gasteiger partial charge in [0.2, 0.25) is 0 Å². The van der Waals surface area contributed by atoms with Crippen molar-refractivity contribution in [3.8, 4) is 0 Å². The molecule has 0 bridgehead atoms. The molecule has 0 aliphatic rings. The zero-order chi connectivity index (χ0) is 20.7. The van der Waals surface area contributed by atoms with Crippen LogP contribution in [0.5, 0.6) is 0 Å². The quantitative estimate of drug-likeness (QED) is 0.622. The molecular weight excluding hydrogens is 386 g/mol. The summed E-state index contributed by atoms with van der Waals surface area (Å²) in [5.41, 5.74) is 3.52. The van der Waals surface area contributed by atoms with Gasteiger partial charge in [0.05, 0.1) is 10.6 Å². The minimum atomic E-state index is -3.40. The fourth-order valence-corrected chi connectivity index (χ4v) is 4.13. The lowest BCUT2D eigenvalue weighted by molar-refractivity contribution is 0.251. The van der Waals surface area contributed by atoms with Gasteiger partial charge in [-0.1, -0.05) is 30.3 Å². The number of sulfone groups is 1. The molecule has 3 aromatic rings. The molecule has 0 atom stereocenters. The van der Waals surface area contributed by atoms with Gasteiger partial charge >= 0.3 is 6.03 Å². The van der Waals surface area contributed by atoms with Crippen LogP contribution in [-0.4, -0.2) is 25.2 Å². The summed E-state index contributed by atoms with van der Waals surface area (Å²) in [6.45, 7) is 2.33. The minimum Gasteiger partial charge on any atom is -0.334 e. The molecule has 0 aliphatic carbocycles. The Morgan fingerprint density at radius 1 is 1.00 bits per heavy atom. The van der Waals surface area contributed by atoms with Crippen molar-refractivity contribution in [2.24, 2.45) is 0 Å². The summed E-state index contributed by atoms with van der Waals surface area (Å²) >= 11 is 0. The highest BCUT2D eigenvalue weighted by atomic mass is 32.2. The zero-order valence-corrected chi connectivity index (χ0v) is 16.9. The van der Waals surface area contributed by atoms with Crippen molar-refractivity contribution in [2.45, 2.75) is 24.8 Å². The van der Waals surface area contributed by atoms with E-state index in [0.717, 1.165) is 16.7 Å². The van der Waals surface area contributed by atoms with Gasteiger partial charge in [0.25, 0.3) is 0 Å². The molecule has 2 amide bonds. The minimum absolute atomic E-state index is 0.0379. The topological polar surface area (TPSA) is 88.2 Å². The average molecular weight is 410 g/mol. The van der Waals surface area contributed by atoms with E-state index < -0.39 is 9.84 Å². The summed E-state index contributed by atoms with van der Waals surface area (Å²) in [5.74, 6) is 0.0379. The second kappa shape index (κ2) is 9.34. The molecule has 1 heterocycles. The lowest BCUT2D eigenvalue weighted by Gasteiger charge is -2.09. The smallest absolute Gasteiger partial charge is 0.319 e. The predicted octanol–water partition coefficient (Wildman–Crippen LogP) is 3.73. The van der Waals surface area contributed by atoms with Crippen molar-refractivity contribution in [1.29, 1.82) is 0 Å². The number of pyridine rings is 1. The number of nitrogens with zero attached hydrogens (tertiary/aromatic N) is 1. The molecule has 0 radical (unpaired) electrons. The van der Waals surface area contributed by atoms with E-state index in [9.17, 15) is 13.2 Å². The van der Waals surface area contributed by atoms with Crippen LogP contribution in [0, 0.1) is 6.92 Å². The van der Waals surface area contributed by atoms with Gasteiger partial charge < -0.3 is 10.6 Å². The molecular formula is C22H23N3O3S. The van der Waals surface area contributed by atoms with Gasteiger partial charge in [-0.3, -0.25) is 4.98 Å². The van der Waals surface area contributed by atoms with Gasteiger partial charge in [0.1, 0.15) is 0 Å². The number of amides is 2. The SMILES string of the molecule is Cc1ccccc1CCS(=O)(=O)c1ccc(NC(=O)NCc2cccnc2)cc1. The first-order chi connectivity index (χ1) is 13.9. The van der Waals surface area contributed by atoms with Gasteiger partial charge in [-0.2, -0.15) is 0 Å². The number of carbonyl (C=O) groups excluding carboxylic acids is 1. The van der Waals surface area contributed by atoms with Crippen LogP contribution in [0.3, 0.4) is 0 Å². The highest BCUT2D eigenvalue weighted by Crippen LogP contribution is 2.17. The third-order valence-corrected chi connectivity index (χ3v) is 6.28. The van der Waals surface area contributed by atoms with Gasteiger partial charge in [0.15, 0.2) is 9.84 Å². The van der Waals surface area contributed by atoms with Crippen molar-refractivity contribution in [3.05, 3.63) is 89.7 Å². The second-order valence-corrected chi connectivity index (χ2v) is 8.80. The number of anilines is 1. The fraction of sp³-hybridized carbons (Fsp3) is 0.182. The van der Waals surface area contributed by atoms with E-state index in [0.29, 0.717) is 18.7 Å². The van der Waals surface area contributed by atoms with Crippen LogP contribution in [0.4, 0.5) is 10.5 Å². The lowest BCUT2D eigenvalue weighted by atomic mass is 10.1. The molecule has 6 nitrogen and oxygen atoms in total. The van der Waals surface area contributed by atoms with Crippen LogP contribution in [0.1, 0.15) is 16.7 Å². The summed E-state index contributed by atoms with van der Waals surface area (Å²) in [4.78, 5) is 16.2. The summed E-state index contributed by atoms with van der Waals surface area (Å²) in [5, 5.41) is 5.42. The Morgan fingerprint density at radius 3 is 2.45 bits per heavy atom. The summed E-state index contributed by atoms with van der Waals surface area (Å²) in [6, 6.07) is 17.3. The van der Waals surface area contributed by atoms with Gasteiger partial charge in [0, 0.05) is 24.6 Å². The number of hydrogen-bond acceptors (Lipinski definition) is 4. The molecule has 0 unspecified atom stereocenters. The number of benzene rings is 2. The number of aryl methyl sites for hydroxylation is 2. The number of carbonyl (C=O) groups is 1. The maximum absolute atomic E-state index is 12.6. The largest absolute Gasteiger partial charge is 0.334 e. The van der Waals surface area contributed by atoms with Crippen LogP contribution < -0.4 is 10.6 Å². The van der Waals surface area contributed by atoms with E-state index >= 15 is 0 Å². The normalized spacial score (nSPS) is 11.1. The highest BCUT2D eigenvalue weighted by Gasteiger charge is 2.15. The first kappa shape index (κ1) is 20.5. The summed E-state index contributed by atoms with van der Waals surface area (Å²) in [6.07, 6.45) is 3.81. The molecule has 2 aromatic carbocycles. The molecule has 3 rings (SSSR count). The monoisotopic (exact) mass is 409 g/mol. The van der Waals surface area contributed by atoms with E-state index in [4.69, 9.17) is 0 Å². The Balaban J connectivity index is 1.56. The third kappa shape index (κ3) is 5.89. The molecule has 0 aliphatic heterocycles. The molecule has 0 saturated heterocycles. The Kier molecular flexibility index (Phi) is 6.61. The molecule has 150 valence electrons. The van der Waals surface area contributed by atoms with Gasteiger partial charge in [-0.15, -0.1) is 0 Å². The van der Waals surface area contributed by atoms with Gasteiger partial charge in [-0.25, -0.2) is 13.2 Å². The Bertz CT molecular complexity index is 1070. The first-order valence-electron chi connectivity index (χ1n) is 9.25. The Labute approximate surface area is 170 Å². The molecule has 29 heavy (non-hydrogen) atoms. The number of rotatable bonds is 7. The standard InChI is InChI=1S/C22H23N3O3S/c1-17-5-2-3-7-19(17)12-14-29(27,28)21-10-8-20(9-11-21)25-22(26)24-16-18-6-4-13-23-15-18/h2-11,13,15H,12,14,16H2,1H3,(H2,24,25,26). The molecule has 7 heteroatoms.